The summed E-state index contributed by atoms with van der Waals surface area (Å²) in [4.78, 5) is 10.9. The number of sulfonamides is 1. The van der Waals surface area contributed by atoms with E-state index in [4.69, 9.17) is 0 Å². The molecule has 0 radical (unpaired) electrons. The van der Waals surface area contributed by atoms with Gasteiger partial charge in [-0.3, -0.25) is 4.79 Å². The number of hydrogen-bond donors (Lipinski definition) is 2. The summed E-state index contributed by atoms with van der Waals surface area (Å²) in [5.41, 5.74) is 1.27. The second-order valence-electron chi connectivity index (χ2n) is 6.26. The molecule has 5 nitrogen and oxygen atoms in total. The van der Waals surface area contributed by atoms with E-state index in [1.165, 1.54) is 6.92 Å². The molecule has 0 bridgehead atoms. The van der Waals surface area contributed by atoms with Crippen LogP contribution in [0.5, 0.6) is 0 Å². The third-order valence-corrected chi connectivity index (χ3v) is 4.24. The first-order chi connectivity index (χ1) is 9.60. The standard InChI is InChI=1S/C15H24N2O3S/c1-12(18)16-9-10-17-21(19,20)14-7-5-13(6-8-14)11-15(2,3)4/h5-8,17H,9-11H2,1-4H3,(H,16,18). The molecule has 0 fully saturated rings. The molecule has 0 heterocycles. The Morgan fingerprint density at radius 1 is 1.10 bits per heavy atom. The minimum Gasteiger partial charge on any atom is -0.355 e. The highest BCUT2D eigenvalue weighted by Crippen LogP contribution is 2.21. The van der Waals surface area contributed by atoms with E-state index in [0.717, 1.165) is 12.0 Å². The smallest absolute Gasteiger partial charge is 0.240 e. The van der Waals surface area contributed by atoms with Crippen molar-refractivity contribution < 1.29 is 13.2 Å². The maximum atomic E-state index is 12.0. The van der Waals surface area contributed by atoms with Crippen LogP contribution in [0, 0.1) is 5.41 Å². The van der Waals surface area contributed by atoms with Gasteiger partial charge in [-0.1, -0.05) is 32.9 Å². The molecular weight excluding hydrogens is 288 g/mol. The second kappa shape index (κ2) is 7.04. The minimum absolute atomic E-state index is 0.164. The van der Waals surface area contributed by atoms with E-state index in [1.807, 2.05) is 12.1 Å². The van der Waals surface area contributed by atoms with Crippen molar-refractivity contribution in [1.82, 2.24) is 10.0 Å². The lowest BCUT2D eigenvalue weighted by atomic mass is 9.88. The third-order valence-electron chi connectivity index (χ3n) is 2.76. The van der Waals surface area contributed by atoms with Crippen molar-refractivity contribution in [2.24, 2.45) is 5.41 Å². The molecule has 0 aliphatic carbocycles. The first kappa shape index (κ1) is 17.7. The summed E-state index contributed by atoms with van der Waals surface area (Å²) in [6.45, 7) is 8.26. The zero-order chi connectivity index (χ0) is 16.1. The van der Waals surface area contributed by atoms with Crippen molar-refractivity contribution >= 4 is 15.9 Å². The molecule has 0 spiro atoms. The average molecular weight is 312 g/mol. The molecule has 21 heavy (non-hydrogen) atoms. The number of hydrogen-bond acceptors (Lipinski definition) is 3. The maximum Gasteiger partial charge on any atom is 0.240 e. The number of amides is 1. The van der Waals surface area contributed by atoms with Gasteiger partial charge in [-0.25, -0.2) is 13.1 Å². The van der Waals surface area contributed by atoms with Gasteiger partial charge in [-0.15, -0.1) is 0 Å². The molecule has 0 saturated carbocycles. The average Bonchev–Trinajstić information content (AvgIpc) is 2.33. The molecule has 0 aliphatic rings. The van der Waals surface area contributed by atoms with E-state index >= 15 is 0 Å². The molecule has 0 aliphatic heterocycles. The lowest BCUT2D eigenvalue weighted by Crippen LogP contribution is -2.33. The topological polar surface area (TPSA) is 75.3 Å². The summed E-state index contributed by atoms with van der Waals surface area (Å²) in [6, 6.07) is 6.91. The molecule has 1 rings (SSSR count). The Labute approximate surface area is 127 Å². The van der Waals surface area contributed by atoms with Crippen LogP contribution in [0.4, 0.5) is 0 Å². The van der Waals surface area contributed by atoms with Crippen molar-refractivity contribution in [3.8, 4) is 0 Å². The summed E-state index contributed by atoms with van der Waals surface area (Å²) in [5, 5.41) is 2.54. The number of benzene rings is 1. The number of nitrogens with one attached hydrogen (secondary N) is 2. The Balaban J connectivity index is 2.65. The van der Waals surface area contributed by atoms with Crippen LogP contribution in [-0.4, -0.2) is 27.4 Å². The van der Waals surface area contributed by atoms with Gasteiger partial charge in [0.25, 0.3) is 0 Å². The molecule has 6 heteroatoms. The highest BCUT2D eigenvalue weighted by molar-refractivity contribution is 7.89. The zero-order valence-corrected chi connectivity index (χ0v) is 13.9. The number of carbonyl (C=O) groups is 1. The van der Waals surface area contributed by atoms with Crippen LogP contribution in [0.25, 0.3) is 0 Å². The number of rotatable bonds is 6. The van der Waals surface area contributed by atoms with Gasteiger partial charge in [0.1, 0.15) is 0 Å². The Morgan fingerprint density at radius 3 is 2.14 bits per heavy atom. The molecule has 0 aromatic heterocycles. The largest absolute Gasteiger partial charge is 0.355 e. The predicted molar refractivity (Wildman–Crippen MR) is 83.5 cm³/mol. The fraction of sp³-hybridized carbons (Fsp3) is 0.533. The van der Waals surface area contributed by atoms with Gasteiger partial charge in [0, 0.05) is 20.0 Å². The van der Waals surface area contributed by atoms with Gasteiger partial charge in [0.05, 0.1) is 4.90 Å². The predicted octanol–water partition coefficient (Wildman–Crippen LogP) is 1.69. The molecule has 1 aromatic rings. The Hall–Kier alpha value is -1.40. The quantitative estimate of drug-likeness (QED) is 0.785. The first-order valence-electron chi connectivity index (χ1n) is 6.93. The summed E-state index contributed by atoms with van der Waals surface area (Å²) >= 11 is 0. The van der Waals surface area contributed by atoms with Crippen LogP contribution in [0.2, 0.25) is 0 Å². The molecule has 118 valence electrons. The van der Waals surface area contributed by atoms with Crippen LogP contribution in [0.3, 0.4) is 0 Å². The number of carbonyl (C=O) groups excluding carboxylic acids is 1. The lowest BCUT2D eigenvalue weighted by molar-refractivity contribution is -0.118. The van der Waals surface area contributed by atoms with Crippen molar-refractivity contribution in [3.63, 3.8) is 0 Å². The van der Waals surface area contributed by atoms with Crippen LogP contribution in [0.15, 0.2) is 29.2 Å². The summed E-state index contributed by atoms with van der Waals surface area (Å²) in [7, 11) is -3.52. The van der Waals surface area contributed by atoms with Gasteiger partial charge < -0.3 is 5.32 Å². The SMILES string of the molecule is CC(=O)NCCNS(=O)(=O)c1ccc(CC(C)(C)C)cc1. The minimum atomic E-state index is -3.52. The van der Waals surface area contributed by atoms with Crippen molar-refractivity contribution in [2.45, 2.75) is 39.0 Å². The Morgan fingerprint density at radius 2 is 1.67 bits per heavy atom. The highest BCUT2D eigenvalue weighted by atomic mass is 32.2. The van der Waals surface area contributed by atoms with Gasteiger partial charge in [-0.05, 0) is 29.5 Å². The van der Waals surface area contributed by atoms with Crippen molar-refractivity contribution in [3.05, 3.63) is 29.8 Å². The van der Waals surface area contributed by atoms with Gasteiger partial charge >= 0.3 is 0 Å². The van der Waals surface area contributed by atoms with E-state index in [-0.39, 0.29) is 29.3 Å². The van der Waals surface area contributed by atoms with E-state index in [2.05, 4.69) is 30.8 Å². The van der Waals surface area contributed by atoms with Gasteiger partial charge in [0.2, 0.25) is 15.9 Å². The molecule has 1 amide bonds. The molecule has 0 saturated heterocycles. The zero-order valence-electron chi connectivity index (χ0n) is 13.1. The maximum absolute atomic E-state index is 12.0. The summed E-state index contributed by atoms with van der Waals surface area (Å²) < 4.78 is 26.6. The summed E-state index contributed by atoms with van der Waals surface area (Å²) in [6.07, 6.45) is 0.892. The third kappa shape index (κ3) is 6.73. The second-order valence-corrected chi connectivity index (χ2v) is 8.03. The monoisotopic (exact) mass is 312 g/mol. The molecular formula is C15H24N2O3S. The fourth-order valence-electron chi connectivity index (χ4n) is 1.91. The summed E-state index contributed by atoms with van der Waals surface area (Å²) in [5.74, 6) is -0.180. The normalized spacial score (nSPS) is 12.2. The lowest BCUT2D eigenvalue weighted by Gasteiger charge is -2.18. The molecule has 0 unspecified atom stereocenters. The molecule has 1 aromatic carbocycles. The van der Waals surface area contributed by atoms with Crippen LogP contribution in [-0.2, 0) is 21.2 Å². The van der Waals surface area contributed by atoms with E-state index in [9.17, 15) is 13.2 Å². The van der Waals surface area contributed by atoms with Crippen LogP contribution >= 0.6 is 0 Å². The first-order valence-corrected chi connectivity index (χ1v) is 8.41. The molecule has 0 atom stereocenters. The van der Waals surface area contributed by atoms with Crippen molar-refractivity contribution in [1.29, 1.82) is 0 Å². The molecule has 2 N–H and O–H groups in total. The van der Waals surface area contributed by atoms with E-state index < -0.39 is 10.0 Å². The van der Waals surface area contributed by atoms with Crippen LogP contribution in [0.1, 0.15) is 33.3 Å². The van der Waals surface area contributed by atoms with E-state index in [0.29, 0.717) is 0 Å². The Kier molecular flexibility index (Phi) is 5.92. The van der Waals surface area contributed by atoms with E-state index in [1.54, 1.807) is 12.1 Å². The Bertz CT molecular complexity index is 572. The van der Waals surface area contributed by atoms with Crippen molar-refractivity contribution in [2.75, 3.05) is 13.1 Å². The fourth-order valence-corrected chi connectivity index (χ4v) is 2.94. The van der Waals surface area contributed by atoms with Crippen LogP contribution < -0.4 is 10.0 Å². The highest BCUT2D eigenvalue weighted by Gasteiger charge is 2.15. The van der Waals surface area contributed by atoms with Gasteiger partial charge in [-0.2, -0.15) is 0 Å². The van der Waals surface area contributed by atoms with Gasteiger partial charge in [0.15, 0.2) is 0 Å².